The van der Waals surface area contributed by atoms with E-state index in [0.717, 1.165) is 49.7 Å². The van der Waals surface area contributed by atoms with E-state index in [4.69, 9.17) is 9.63 Å². The van der Waals surface area contributed by atoms with Crippen molar-refractivity contribution >= 4 is 40.0 Å². The Morgan fingerprint density at radius 2 is 1.92 bits per heavy atom. The van der Waals surface area contributed by atoms with Crippen molar-refractivity contribution in [3.63, 3.8) is 0 Å². The van der Waals surface area contributed by atoms with Gasteiger partial charge in [-0.3, -0.25) is 9.69 Å². The summed E-state index contributed by atoms with van der Waals surface area (Å²) in [6.45, 7) is 8.15. The maximum atomic E-state index is 11.7. The summed E-state index contributed by atoms with van der Waals surface area (Å²) < 4.78 is 5.56. The summed E-state index contributed by atoms with van der Waals surface area (Å²) in [4.78, 5) is 25.3. The third kappa shape index (κ3) is 5.19. The normalized spacial score (nSPS) is 14.1. The van der Waals surface area contributed by atoms with E-state index in [0.29, 0.717) is 28.4 Å². The first-order chi connectivity index (χ1) is 17.6. The molecule has 36 heavy (non-hydrogen) atoms. The molecule has 4 aromatic rings. The first kappa shape index (κ1) is 23.5. The Kier molecular flexibility index (Phi) is 6.87. The van der Waals surface area contributed by atoms with Crippen LogP contribution in [0.2, 0.25) is 0 Å². The van der Waals surface area contributed by atoms with Crippen LogP contribution in [0.5, 0.6) is 0 Å². The molecule has 10 heteroatoms. The largest absolute Gasteiger partial charge is 0.395 e. The second-order valence-electron chi connectivity index (χ2n) is 8.44. The molecule has 1 aliphatic rings. The van der Waals surface area contributed by atoms with Gasteiger partial charge in [0.25, 0.3) is 0 Å². The Hall–Kier alpha value is -4.28. The van der Waals surface area contributed by atoms with E-state index >= 15 is 0 Å². The number of aliphatic hydroxyl groups excluding tert-OH is 1. The summed E-state index contributed by atoms with van der Waals surface area (Å²) in [5.74, 6) is 0.618. The van der Waals surface area contributed by atoms with E-state index in [9.17, 15) is 4.79 Å². The van der Waals surface area contributed by atoms with Gasteiger partial charge in [-0.15, -0.1) is 0 Å². The van der Waals surface area contributed by atoms with Crippen molar-refractivity contribution in [1.29, 1.82) is 0 Å². The number of carbonyl (C=O) groups is 1. The van der Waals surface area contributed by atoms with E-state index in [1.807, 2.05) is 24.3 Å². The summed E-state index contributed by atoms with van der Waals surface area (Å²) in [5, 5.41) is 19.2. The van der Waals surface area contributed by atoms with E-state index < -0.39 is 0 Å². The second-order valence-corrected chi connectivity index (χ2v) is 8.44. The Bertz CT molecular complexity index is 1360. The summed E-state index contributed by atoms with van der Waals surface area (Å²) in [7, 11) is 0. The molecule has 1 amide bonds. The quantitative estimate of drug-likeness (QED) is 0.323. The predicted molar refractivity (Wildman–Crippen MR) is 139 cm³/mol. The van der Waals surface area contributed by atoms with Gasteiger partial charge in [0.2, 0.25) is 11.9 Å². The first-order valence-electron chi connectivity index (χ1n) is 11.7. The molecule has 5 rings (SSSR count). The van der Waals surface area contributed by atoms with Crippen LogP contribution in [0.1, 0.15) is 0 Å². The lowest BCUT2D eigenvalue weighted by Gasteiger charge is -2.35. The van der Waals surface area contributed by atoms with Crippen LogP contribution < -0.4 is 15.5 Å². The van der Waals surface area contributed by atoms with Crippen LogP contribution in [-0.2, 0) is 4.79 Å². The molecule has 1 saturated heterocycles. The van der Waals surface area contributed by atoms with Crippen LogP contribution in [0.3, 0.4) is 0 Å². The number of aliphatic hydroxyl groups is 1. The fourth-order valence-corrected chi connectivity index (χ4v) is 4.18. The molecule has 0 atom stereocenters. The van der Waals surface area contributed by atoms with E-state index in [1.165, 1.54) is 6.08 Å². The summed E-state index contributed by atoms with van der Waals surface area (Å²) in [6.07, 6.45) is 2.83. The van der Waals surface area contributed by atoms with Crippen LogP contribution in [0.15, 0.2) is 71.9 Å². The molecule has 0 bridgehead atoms. The molecule has 0 radical (unpaired) electrons. The van der Waals surface area contributed by atoms with E-state index in [1.54, 1.807) is 18.3 Å². The number of aromatic nitrogens is 3. The molecule has 10 nitrogen and oxygen atoms in total. The van der Waals surface area contributed by atoms with Crippen molar-refractivity contribution in [3.8, 4) is 11.3 Å². The molecule has 0 saturated carbocycles. The number of nitrogens with zero attached hydrogens (tertiary/aromatic N) is 5. The number of amides is 1. The summed E-state index contributed by atoms with van der Waals surface area (Å²) in [5.41, 5.74) is 4.47. The third-order valence-corrected chi connectivity index (χ3v) is 6.07. The zero-order valence-corrected chi connectivity index (χ0v) is 19.7. The number of anilines is 4. The highest BCUT2D eigenvalue weighted by molar-refractivity contribution is 5.99. The number of piperazine rings is 1. The van der Waals surface area contributed by atoms with Gasteiger partial charge in [-0.2, -0.15) is 0 Å². The Morgan fingerprint density at radius 3 is 2.67 bits per heavy atom. The van der Waals surface area contributed by atoms with Gasteiger partial charge in [0.15, 0.2) is 11.3 Å². The fraction of sp³-hybridized carbons (Fsp3) is 0.231. The number of hydrogen-bond donors (Lipinski definition) is 3. The average molecular weight is 486 g/mol. The van der Waals surface area contributed by atoms with E-state index in [2.05, 4.69) is 54.3 Å². The van der Waals surface area contributed by atoms with Crippen LogP contribution in [0, 0.1) is 0 Å². The number of benzene rings is 2. The monoisotopic (exact) mass is 485 g/mol. The van der Waals surface area contributed by atoms with Crippen molar-refractivity contribution in [2.24, 2.45) is 0 Å². The van der Waals surface area contributed by atoms with Crippen molar-refractivity contribution < 1.29 is 14.4 Å². The Balaban J connectivity index is 1.31. The van der Waals surface area contributed by atoms with Crippen molar-refractivity contribution in [2.75, 3.05) is 54.9 Å². The average Bonchev–Trinajstić information content (AvgIpc) is 3.33. The zero-order valence-electron chi connectivity index (χ0n) is 19.7. The highest BCUT2D eigenvalue weighted by atomic mass is 16.5. The second kappa shape index (κ2) is 10.5. The van der Waals surface area contributed by atoms with Crippen molar-refractivity contribution in [1.82, 2.24) is 20.0 Å². The zero-order chi connectivity index (χ0) is 24.9. The molecule has 0 aliphatic carbocycles. The third-order valence-electron chi connectivity index (χ3n) is 6.07. The molecule has 0 unspecified atom stereocenters. The van der Waals surface area contributed by atoms with Crippen LogP contribution >= 0.6 is 0 Å². The van der Waals surface area contributed by atoms with Gasteiger partial charge in [-0.25, -0.2) is 9.97 Å². The molecule has 3 heterocycles. The number of carbonyl (C=O) groups excluding carboxylic acids is 1. The van der Waals surface area contributed by atoms with Crippen LogP contribution in [0.4, 0.5) is 23.0 Å². The lowest BCUT2D eigenvalue weighted by molar-refractivity contribution is -0.111. The molecule has 3 N–H and O–H groups in total. The number of nitrogens with one attached hydrogen (secondary N) is 2. The van der Waals surface area contributed by atoms with Gasteiger partial charge in [-0.1, -0.05) is 23.9 Å². The summed E-state index contributed by atoms with van der Waals surface area (Å²) in [6, 6.07) is 15.4. The highest BCUT2D eigenvalue weighted by Gasteiger charge is 2.17. The minimum absolute atomic E-state index is 0.199. The van der Waals surface area contributed by atoms with Crippen molar-refractivity contribution in [2.45, 2.75) is 0 Å². The number of fused-ring (bicyclic) bond motifs is 1. The van der Waals surface area contributed by atoms with E-state index in [-0.39, 0.29) is 12.5 Å². The predicted octanol–water partition coefficient (Wildman–Crippen LogP) is 3.27. The molecular formula is C26H27N7O3. The highest BCUT2D eigenvalue weighted by Crippen LogP contribution is 2.30. The van der Waals surface area contributed by atoms with Gasteiger partial charge in [0, 0.05) is 55.3 Å². The lowest BCUT2D eigenvalue weighted by atomic mass is 10.1. The maximum absolute atomic E-state index is 11.7. The Labute approximate surface area is 208 Å². The molecule has 2 aromatic heterocycles. The number of hydrogen-bond acceptors (Lipinski definition) is 9. The standard InChI is InChI=1S/C26H27N7O3/c1-2-23(35)28-20-5-3-4-18(16-20)25-24-22(31-36-25)17-27-26(30-24)29-19-6-8-21(9-7-19)33-12-10-32(11-13-33)14-15-34/h2-9,16-17,34H,1,10-15H2,(H,28,35)(H,29,30). The number of β-amino-alcohol motifs (C(OH)–C–C–N with tert-alkyl or cyclic N) is 1. The Morgan fingerprint density at radius 1 is 1.11 bits per heavy atom. The minimum atomic E-state index is -0.293. The van der Waals surface area contributed by atoms with Gasteiger partial charge in [0.05, 0.1) is 12.8 Å². The minimum Gasteiger partial charge on any atom is -0.395 e. The van der Waals surface area contributed by atoms with Crippen LogP contribution in [0.25, 0.3) is 22.4 Å². The number of rotatable bonds is 8. The maximum Gasteiger partial charge on any atom is 0.247 e. The molecule has 1 fully saturated rings. The van der Waals surface area contributed by atoms with Gasteiger partial charge in [-0.05, 0) is 42.5 Å². The van der Waals surface area contributed by atoms with Gasteiger partial charge in [0.1, 0.15) is 5.52 Å². The lowest BCUT2D eigenvalue weighted by Crippen LogP contribution is -2.47. The molecular weight excluding hydrogens is 458 g/mol. The van der Waals surface area contributed by atoms with Gasteiger partial charge >= 0.3 is 0 Å². The van der Waals surface area contributed by atoms with Crippen LogP contribution in [-0.4, -0.2) is 70.4 Å². The molecule has 1 aliphatic heterocycles. The molecule has 2 aromatic carbocycles. The smallest absolute Gasteiger partial charge is 0.247 e. The first-order valence-corrected chi connectivity index (χ1v) is 11.7. The molecule has 184 valence electrons. The SMILES string of the molecule is C=CC(=O)Nc1cccc(-c2onc3cnc(Nc4ccc(N5CCN(CCO)CC5)cc4)nc23)c1. The summed E-state index contributed by atoms with van der Waals surface area (Å²) >= 11 is 0. The van der Waals surface area contributed by atoms with Gasteiger partial charge < -0.3 is 25.2 Å². The molecule has 0 spiro atoms. The topological polar surface area (TPSA) is 120 Å². The fourth-order valence-electron chi connectivity index (χ4n) is 4.18. The van der Waals surface area contributed by atoms with Crippen molar-refractivity contribution in [3.05, 3.63) is 67.4 Å².